The van der Waals surface area contributed by atoms with E-state index in [2.05, 4.69) is 4.98 Å². The number of morpholine rings is 1. The van der Waals surface area contributed by atoms with Gasteiger partial charge in [0.2, 0.25) is 5.91 Å². The fraction of sp³-hybridized carbons (Fsp3) is 0.348. The Labute approximate surface area is 177 Å². The molecular weight excluding hydrogens is 409 g/mol. The topological polar surface area (TPSA) is 54.6 Å². The van der Waals surface area contributed by atoms with E-state index in [9.17, 15) is 18.0 Å². The Morgan fingerprint density at radius 1 is 1.19 bits per heavy atom. The molecule has 1 saturated heterocycles. The summed E-state index contributed by atoms with van der Waals surface area (Å²) in [5.74, 6) is -0.0166. The fourth-order valence-corrected chi connectivity index (χ4v) is 3.99. The Balaban J connectivity index is 1.77. The summed E-state index contributed by atoms with van der Waals surface area (Å²) in [6, 6.07) is 10.7. The molecule has 0 aliphatic carbocycles. The lowest BCUT2D eigenvalue weighted by atomic mass is 9.87. The second-order valence-electron chi connectivity index (χ2n) is 7.53. The molecule has 0 spiro atoms. The highest BCUT2D eigenvalue weighted by Gasteiger charge is 2.32. The Bertz CT molecular complexity index is 1070. The molecule has 4 rings (SSSR count). The van der Waals surface area contributed by atoms with Crippen LogP contribution in [0.4, 0.5) is 13.2 Å². The van der Waals surface area contributed by atoms with E-state index in [1.807, 2.05) is 12.1 Å². The summed E-state index contributed by atoms with van der Waals surface area (Å²) in [5, 5.41) is 0.816. The average Bonchev–Trinajstić information content (AvgIpc) is 3.20. The number of carbonyl (C=O) groups excluding carboxylic acids is 1. The smallest absolute Gasteiger partial charge is 0.416 e. The molecule has 3 aromatic rings. The summed E-state index contributed by atoms with van der Waals surface area (Å²) in [6.45, 7) is 1.89. The van der Waals surface area contributed by atoms with Crippen LogP contribution in [0.3, 0.4) is 0 Å². The van der Waals surface area contributed by atoms with Crippen molar-refractivity contribution in [2.45, 2.75) is 18.5 Å². The standard InChI is InChI=1S/C23H23F3N2O3/c1-30-17-5-6-21-19(12-17)20(14-27-21)18(13-22(29)28-7-9-31-10-8-28)15-3-2-4-16(11-15)23(24,25)26/h2-6,11-12,14,18,27H,7-10,13H2,1H3/t18-/m0/s1. The van der Waals surface area contributed by atoms with Gasteiger partial charge in [-0.05, 0) is 35.4 Å². The molecule has 1 aromatic heterocycles. The van der Waals surface area contributed by atoms with Crippen molar-refractivity contribution in [2.75, 3.05) is 33.4 Å². The van der Waals surface area contributed by atoms with Gasteiger partial charge in [0.15, 0.2) is 0 Å². The molecule has 1 atom stereocenters. The molecule has 0 radical (unpaired) electrons. The zero-order valence-electron chi connectivity index (χ0n) is 17.0. The van der Waals surface area contributed by atoms with Crippen molar-refractivity contribution in [3.63, 3.8) is 0 Å². The van der Waals surface area contributed by atoms with Crippen LogP contribution >= 0.6 is 0 Å². The van der Waals surface area contributed by atoms with Gasteiger partial charge in [0.05, 0.1) is 25.9 Å². The van der Waals surface area contributed by atoms with Crippen molar-refractivity contribution >= 4 is 16.8 Å². The van der Waals surface area contributed by atoms with Crippen LogP contribution in [0.25, 0.3) is 10.9 Å². The minimum atomic E-state index is -4.46. The molecule has 0 bridgehead atoms. The first-order chi connectivity index (χ1) is 14.9. The predicted molar refractivity (Wildman–Crippen MR) is 110 cm³/mol. The van der Waals surface area contributed by atoms with Gasteiger partial charge in [-0.1, -0.05) is 18.2 Å². The van der Waals surface area contributed by atoms with Crippen molar-refractivity contribution in [3.05, 3.63) is 65.4 Å². The SMILES string of the molecule is COc1ccc2[nH]cc([C@@H](CC(=O)N3CCOCC3)c3cccc(C(F)(F)F)c3)c2c1. The van der Waals surface area contributed by atoms with Crippen LogP contribution in [0.15, 0.2) is 48.7 Å². The summed E-state index contributed by atoms with van der Waals surface area (Å²) in [6.07, 6.45) is -2.63. The number of hydrogen-bond donors (Lipinski definition) is 1. The van der Waals surface area contributed by atoms with E-state index in [-0.39, 0.29) is 12.3 Å². The van der Waals surface area contributed by atoms with Gasteiger partial charge in [0, 0.05) is 42.5 Å². The van der Waals surface area contributed by atoms with Crippen LogP contribution in [0.2, 0.25) is 0 Å². The number of ether oxygens (including phenoxy) is 2. The van der Waals surface area contributed by atoms with Gasteiger partial charge in [-0.2, -0.15) is 13.2 Å². The van der Waals surface area contributed by atoms with Crippen LogP contribution in [0.5, 0.6) is 5.75 Å². The second kappa shape index (κ2) is 8.63. The number of halogens is 3. The first kappa shape index (κ1) is 21.2. The Morgan fingerprint density at radius 3 is 2.68 bits per heavy atom. The number of aromatic nitrogens is 1. The number of alkyl halides is 3. The molecule has 0 unspecified atom stereocenters. The lowest BCUT2D eigenvalue weighted by molar-refractivity contribution is -0.137. The largest absolute Gasteiger partial charge is 0.497 e. The molecule has 2 heterocycles. The van der Waals surface area contributed by atoms with E-state index < -0.39 is 17.7 Å². The number of nitrogens with zero attached hydrogens (tertiary/aromatic N) is 1. The molecule has 1 aliphatic heterocycles. The van der Waals surface area contributed by atoms with Gasteiger partial charge in [-0.25, -0.2) is 0 Å². The van der Waals surface area contributed by atoms with Crippen LogP contribution in [0, 0.1) is 0 Å². The zero-order chi connectivity index (χ0) is 22.0. The van der Waals surface area contributed by atoms with Gasteiger partial charge in [0.1, 0.15) is 5.75 Å². The third-order valence-electron chi connectivity index (χ3n) is 5.66. The summed E-state index contributed by atoms with van der Waals surface area (Å²) >= 11 is 0. The molecule has 5 nitrogen and oxygen atoms in total. The van der Waals surface area contributed by atoms with Crippen LogP contribution in [-0.4, -0.2) is 49.2 Å². The highest BCUT2D eigenvalue weighted by atomic mass is 19.4. The molecule has 1 fully saturated rings. The maximum Gasteiger partial charge on any atom is 0.416 e. The van der Waals surface area contributed by atoms with Crippen molar-refractivity contribution in [3.8, 4) is 5.75 Å². The first-order valence-electron chi connectivity index (χ1n) is 10.0. The first-order valence-corrected chi connectivity index (χ1v) is 10.0. The maximum atomic E-state index is 13.4. The molecule has 1 N–H and O–H groups in total. The Morgan fingerprint density at radius 2 is 1.97 bits per heavy atom. The maximum absolute atomic E-state index is 13.4. The van der Waals surface area contributed by atoms with Crippen LogP contribution in [0.1, 0.15) is 29.0 Å². The van der Waals surface area contributed by atoms with Crippen molar-refractivity contribution < 1.29 is 27.4 Å². The van der Waals surface area contributed by atoms with Gasteiger partial charge < -0.3 is 19.4 Å². The lowest BCUT2D eigenvalue weighted by Crippen LogP contribution is -2.41. The number of amides is 1. The number of methoxy groups -OCH3 is 1. The number of benzene rings is 2. The number of hydrogen-bond acceptors (Lipinski definition) is 3. The minimum absolute atomic E-state index is 0.0610. The van der Waals surface area contributed by atoms with E-state index in [0.29, 0.717) is 37.6 Å². The van der Waals surface area contributed by atoms with Crippen molar-refractivity contribution in [1.29, 1.82) is 0 Å². The van der Waals surface area contributed by atoms with Gasteiger partial charge in [-0.15, -0.1) is 0 Å². The molecule has 0 saturated carbocycles. The molecule has 31 heavy (non-hydrogen) atoms. The predicted octanol–water partition coefficient (Wildman–Crippen LogP) is 4.58. The summed E-state index contributed by atoms with van der Waals surface area (Å²) in [7, 11) is 1.56. The summed E-state index contributed by atoms with van der Waals surface area (Å²) in [4.78, 5) is 17.9. The summed E-state index contributed by atoms with van der Waals surface area (Å²) in [5.41, 5.74) is 1.30. The molecule has 1 aliphatic rings. The minimum Gasteiger partial charge on any atom is -0.497 e. The van der Waals surface area contributed by atoms with E-state index in [4.69, 9.17) is 9.47 Å². The number of carbonyl (C=O) groups is 1. The van der Waals surface area contributed by atoms with Crippen molar-refractivity contribution in [1.82, 2.24) is 9.88 Å². The summed E-state index contributed by atoms with van der Waals surface area (Å²) < 4.78 is 50.7. The molecule has 1 amide bonds. The Hall–Kier alpha value is -3.00. The highest BCUT2D eigenvalue weighted by Crippen LogP contribution is 2.38. The van der Waals surface area contributed by atoms with E-state index in [1.54, 1.807) is 30.3 Å². The van der Waals surface area contributed by atoms with E-state index in [1.165, 1.54) is 6.07 Å². The normalized spacial score (nSPS) is 15.8. The van der Waals surface area contributed by atoms with Crippen molar-refractivity contribution in [2.24, 2.45) is 0 Å². The molecule has 164 valence electrons. The van der Waals surface area contributed by atoms with Crippen LogP contribution < -0.4 is 4.74 Å². The Kier molecular flexibility index (Phi) is 5.91. The second-order valence-corrected chi connectivity index (χ2v) is 7.53. The van der Waals surface area contributed by atoms with Gasteiger partial charge in [-0.3, -0.25) is 4.79 Å². The number of rotatable bonds is 5. The third-order valence-corrected chi connectivity index (χ3v) is 5.66. The number of nitrogens with one attached hydrogen (secondary N) is 1. The van der Waals surface area contributed by atoms with E-state index >= 15 is 0 Å². The van der Waals surface area contributed by atoms with Gasteiger partial charge >= 0.3 is 6.18 Å². The third kappa shape index (κ3) is 4.54. The average molecular weight is 432 g/mol. The lowest BCUT2D eigenvalue weighted by Gasteiger charge is -2.29. The zero-order valence-corrected chi connectivity index (χ0v) is 17.0. The number of H-pyrrole nitrogens is 1. The molecule has 2 aromatic carbocycles. The number of aromatic amines is 1. The van der Waals surface area contributed by atoms with E-state index in [0.717, 1.165) is 28.6 Å². The monoisotopic (exact) mass is 432 g/mol. The van der Waals surface area contributed by atoms with Gasteiger partial charge in [0.25, 0.3) is 0 Å². The van der Waals surface area contributed by atoms with Crippen LogP contribution in [-0.2, 0) is 15.7 Å². The highest BCUT2D eigenvalue weighted by molar-refractivity contribution is 5.87. The number of fused-ring (bicyclic) bond motifs is 1. The quantitative estimate of drug-likeness (QED) is 0.642. The fourth-order valence-electron chi connectivity index (χ4n) is 3.99. The molecule has 8 heteroatoms. The molecular formula is C23H23F3N2O3.